The normalized spacial score (nSPS) is 14.3. The van der Waals surface area contributed by atoms with Crippen molar-refractivity contribution in [1.82, 2.24) is 0 Å². The molecule has 0 saturated heterocycles. The minimum absolute atomic E-state index is 0.0924. The average Bonchev–Trinajstić information content (AvgIpc) is 3.14. The van der Waals surface area contributed by atoms with Gasteiger partial charge >= 0.3 is 0 Å². The summed E-state index contributed by atoms with van der Waals surface area (Å²) in [4.78, 5) is 0. The third kappa shape index (κ3) is 12.2. The van der Waals surface area contributed by atoms with Crippen molar-refractivity contribution < 1.29 is 10.2 Å². The topological polar surface area (TPSA) is 40.5 Å². The molecule has 0 aliphatic heterocycles. The third-order valence-corrected chi connectivity index (χ3v) is 11.7. The van der Waals surface area contributed by atoms with Crippen LogP contribution < -0.4 is 0 Å². The number of aryl methyl sites for hydroxylation is 1. The highest BCUT2D eigenvalue weighted by molar-refractivity contribution is 5.77. The predicted molar refractivity (Wildman–Crippen MR) is 217 cm³/mol. The zero-order chi connectivity index (χ0) is 35.3. The van der Waals surface area contributed by atoms with E-state index in [1.54, 1.807) is 0 Å². The number of hydrogen-bond acceptors (Lipinski definition) is 2. The molecule has 1 aliphatic rings. The highest BCUT2D eigenvalue weighted by Crippen LogP contribution is 2.51. The van der Waals surface area contributed by atoms with Crippen molar-refractivity contribution in [2.24, 2.45) is 0 Å². The van der Waals surface area contributed by atoms with Crippen LogP contribution in [-0.2, 0) is 18.3 Å². The second kappa shape index (κ2) is 22.9. The van der Waals surface area contributed by atoms with Crippen LogP contribution in [0.4, 0.5) is 0 Å². The van der Waals surface area contributed by atoms with Crippen LogP contribution in [-0.4, -0.2) is 10.2 Å². The Balaban J connectivity index is 1.62. The minimum atomic E-state index is -0.0924. The molecule has 0 aromatic heterocycles. The Morgan fingerprint density at radius 1 is 0.520 bits per heavy atom. The van der Waals surface area contributed by atoms with Gasteiger partial charge in [0.1, 0.15) is 11.5 Å². The summed E-state index contributed by atoms with van der Waals surface area (Å²) in [5, 5.41) is 22.3. The monoisotopic (exact) mass is 681 g/mol. The van der Waals surface area contributed by atoms with E-state index in [9.17, 15) is 10.2 Å². The number of unbranched alkanes of at least 4 members (excludes halogenated alkanes) is 18. The molecule has 276 valence electrons. The van der Waals surface area contributed by atoms with Crippen LogP contribution in [0.2, 0.25) is 0 Å². The van der Waals surface area contributed by atoms with Gasteiger partial charge in [-0.05, 0) is 84.5 Å². The molecule has 1 fully saturated rings. The van der Waals surface area contributed by atoms with Gasteiger partial charge in [0.2, 0.25) is 0 Å². The molecule has 50 heavy (non-hydrogen) atoms. The summed E-state index contributed by atoms with van der Waals surface area (Å²) in [5.74, 6) is 0.798. The summed E-state index contributed by atoms with van der Waals surface area (Å²) in [6.07, 6.45) is 34.6. The quantitative estimate of drug-likeness (QED) is 0.0875. The summed E-state index contributed by atoms with van der Waals surface area (Å²) in [5.41, 5.74) is 7.74. The molecule has 4 rings (SSSR count). The molecular weight excluding hydrogens is 609 g/mol. The van der Waals surface area contributed by atoms with E-state index < -0.39 is 0 Å². The van der Waals surface area contributed by atoms with Gasteiger partial charge < -0.3 is 10.2 Å². The molecule has 0 heterocycles. The molecule has 0 radical (unpaired) electrons. The first-order valence-electron chi connectivity index (χ1n) is 21.3. The lowest BCUT2D eigenvalue weighted by Gasteiger charge is -2.42. The van der Waals surface area contributed by atoms with Crippen LogP contribution >= 0.6 is 0 Å². The van der Waals surface area contributed by atoms with Crippen LogP contribution in [0.1, 0.15) is 197 Å². The van der Waals surface area contributed by atoms with Crippen molar-refractivity contribution in [2.45, 2.75) is 193 Å². The minimum Gasteiger partial charge on any atom is -0.508 e. The lowest BCUT2D eigenvalue weighted by Crippen LogP contribution is -2.33. The van der Waals surface area contributed by atoms with Gasteiger partial charge in [0, 0.05) is 11.0 Å². The molecule has 3 aromatic rings. The first-order valence-corrected chi connectivity index (χ1v) is 21.3. The van der Waals surface area contributed by atoms with Crippen LogP contribution in [0.25, 0.3) is 11.1 Å². The van der Waals surface area contributed by atoms with E-state index >= 15 is 0 Å². The summed E-state index contributed by atoms with van der Waals surface area (Å²) in [6, 6.07) is 21.1. The largest absolute Gasteiger partial charge is 0.508 e. The summed E-state index contributed by atoms with van der Waals surface area (Å²) < 4.78 is 0. The lowest BCUT2D eigenvalue weighted by molar-refractivity contribution is 0.340. The Labute approximate surface area is 307 Å². The lowest BCUT2D eigenvalue weighted by atomic mass is 9.61. The maximum atomic E-state index is 11.9. The molecule has 0 atom stereocenters. The fraction of sp³-hybridized carbons (Fsp3) is 0.625. The molecule has 0 unspecified atom stereocenters. The zero-order valence-electron chi connectivity index (χ0n) is 32.3. The van der Waals surface area contributed by atoms with E-state index in [-0.39, 0.29) is 5.41 Å². The van der Waals surface area contributed by atoms with Gasteiger partial charge in [0.15, 0.2) is 0 Å². The Bertz CT molecular complexity index is 1320. The van der Waals surface area contributed by atoms with Gasteiger partial charge in [-0.3, -0.25) is 0 Å². The van der Waals surface area contributed by atoms with Crippen molar-refractivity contribution in [1.29, 1.82) is 0 Å². The smallest absolute Gasteiger partial charge is 0.123 e. The molecule has 1 saturated carbocycles. The summed E-state index contributed by atoms with van der Waals surface area (Å²) in [6.45, 7) is 4.59. The van der Waals surface area contributed by atoms with Gasteiger partial charge in [0.05, 0.1) is 0 Å². The Morgan fingerprint density at radius 2 is 1.00 bits per heavy atom. The standard InChI is InChI=1S/C48H72O2/c1-3-5-7-9-11-13-15-17-19-23-31-41-39-45(50)46(40-29-24-21-25-30-40)44(32-26-20-18-16-14-12-10-8-6-4-2)47(41)48(37-27-22-28-38-48)42-33-35-43(49)36-34-42/h21,24-25,29-30,33-36,39,49-50H,3-20,22-23,26-28,31-32,37-38H2,1-2H3. The summed E-state index contributed by atoms with van der Waals surface area (Å²) in [7, 11) is 0. The van der Waals surface area contributed by atoms with Crippen molar-refractivity contribution >= 4 is 0 Å². The molecule has 0 bridgehead atoms. The average molecular weight is 681 g/mol. The van der Waals surface area contributed by atoms with Crippen molar-refractivity contribution in [3.63, 3.8) is 0 Å². The van der Waals surface area contributed by atoms with Crippen molar-refractivity contribution in [3.8, 4) is 22.6 Å². The predicted octanol–water partition coefficient (Wildman–Crippen LogP) is 14.9. The van der Waals surface area contributed by atoms with Gasteiger partial charge in [-0.2, -0.15) is 0 Å². The number of phenols is 2. The molecule has 0 spiro atoms. The highest BCUT2D eigenvalue weighted by atomic mass is 16.3. The molecule has 3 aromatic carbocycles. The third-order valence-electron chi connectivity index (χ3n) is 11.7. The van der Waals surface area contributed by atoms with Crippen molar-refractivity contribution in [3.05, 3.63) is 82.9 Å². The number of rotatable bonds is 25. The SMILES string of the molecule is CCCCCCCCCCCCc1cc(O)c(-c2ccccc2)c(CCCCCCCCCCCC)c1C1(c2ccc(O)cc2)CCCCC1. The van der Waals surface area contributed by atoms with Crippen LogP contribution in [0.3, 0.4) is 0 Å². The zero-order valence-corrected chi connectivity index (χ0v) is 32.3. The highest BCUT2D eigenvalue weighted by Gasteiger charge is 2.40. The Morgan fingerprint density at radius 3 is 1.52 bits per heavy atom. The summed E-state index contributed by atoms with van der Waals surface area (Å²) >= 11 is 0. The number of aromatic hydroxyl groups is 2. The van der Waals surface area contributed by atoms with Crippen LogP contribution in [0.15, 0.2) is 60.7 Å². The first kappa shape index (κ1) is 40.0. The van der Waals surface area contributed by atoms with Gasteiger partial charge in [-0.1, -0.05) is 191 Å². The van der Waals surface area contributed by atoms with Gasteiger partial charge in [-0.25, -0.2) is 0 Å². The fourth-order valence-corrected chi connectivity index (χ4v) is 8.96. The number of phenolic OH excluding ortho intramolecular Hbond substituents is 2. The second-order valence-corrected chi connectivity index (χ2v) is 15.7. The molecule has 2 nitrogen and oxygen atoms in total. The number of benzene rings is 3. The van der Waals surface area contributed by atoms with E-state index in [0.717, 1.165) is 43.2 Å². The second-order valence-electron chi connectivity index (χ2n) is 15.7. The molecular formula is C48H72O2. The molecule has 2 N–H and O–H groups in total. The Kier molecular flexibility index (Phi) is 18.4. The molecule has 2 heteroatoms. The van der Waals surface area contributed by atoms with E-state index in [4.69, 9.17) is 0 Å². The van der Waals surface area contributed by atoms with Crippen LogP contribution in [0.5, 0.6) is 11.5 Å². The van der Waals surface area contributed by atoms with Gasteiger partial charge in [0.25, 0.3) is 0 Å². The van der Waals surface area contributed by atoms with E-state index in [1.807, 2.05) is 12.1 Å². The van der Waals surface area contributed by atoms with E-state index in [1.165, 1.54) is 164 Å². The first-order chi connectivity index (χ1) is 24.6. The Hall–Kier alpha value is -2.74. The van der Waals surface area contributed by atoms with E-state index in [2.05, 4.69) is 62.4 Å². The molecule has 1 aliphatic carbocycles. The maximum Gasteiger partial charge on any atom is 0.123 e. The van der Waals surface area contributed by atoms with E-state index in [0.29, 0.717) is 11.5 Å². The molecule has 0 amide bonds. The van der Waals surface area contributed by atoms with Crippen LogP contribution in [0, 0.1) is 0 Å². The number of hydrogen-bond donors (Lipinski definition) is 2. The van der Waals surface area contributed by atoms with Crippen molar-refractivity contribution in [2.75, 3.05) is 0 Å². The maximum absolute atomic E-state index is 11.9. The van der Waals surface area contributed by atoms with Gasteiger partial charge in [-0.15, -0.1) is 0 Å². The fourth-order valence-electron chi connectivity index (χ4n) is 8.96.